The van der Waals surface area contributed by atoms with Gasteiger partial charge in [0, 0.05) is 11.5 Å². The van der Waals surface area contributed by atoms with E-state index in [9.17, 15) is 4.79 Å². The van der Waals surface area contributed by atoms with E-state index in [0.717, 1.165) is 19.3 Å². The lowest BCUT2D eigenvalue weighted by Crippen LogP contribution is -2.27. The maximum atomic E-state index is 11.7. The van der Waals surface area contributed by atoms with Gasteiger partial charge in [-0.15, -0.1) is 5.10 Å². The molecule has 1 amide bonds. The van der Waals surface area contributed by atoms with Gasteiger partial charge in [-0.25, -0.2) is 0 Å². The van der Waals surface area contributed by atoms with Crippen LogP contribution in [0.25, 0.3) is 0 Å². The highest BCUT2D eigenvalue weighted by Gasteiger charge is 2.29. The topological polar surface area (TPSA) is 64.1 Å². The van der Waals surface area contributed by atoms with E-state index < -0.39 is 0 Å². The first-order valence-electron chi connectivity index (χ1n) is 5.03. The molecular formula is C9H13N3O2S. The van der Waals surface area contributed by atoms with Crippen molar-refractivity contribution in [3.05, 3.63) is 6.20 Å². The number of amides is 1. The number of nitrogens with one attached hydrogen (secondary N) is 1. The largest absolute Gasteiger partial charge is 0.365 e. The number of nitrogens with zero attached hydrogens (tertiary/aromatic N) is 2. The number of carbonyl (C=O) groups excluding carboxylic acids is 1. The molecule has 15 heavy (non-hydrogen) atoms. The van der Waals surface area contributed by atoms with Crippen LogP contribution in [-0.2, 0) is 9.53 Å². The molecule has 0 bridgehead atoms. The first kappa shape index (κ1) is 10.5. The van der Waals surface area contributed by atoms with E-state index in [-0.39, 0.29) is 18.1 Å². The summed E-state index contributed by atoms with van der Waals surface area (Å²) in [6, 6.07) is 0. The van der Waals surface area contributed by atoms with Crippen molar-refractivity contribution in [1.82, 2.24) is 9.59 Å². The molecule has 82 valence electrons. The van der Waals surface area contributed by atoms with E-state index in [2.05, 4.69) is 21.8 Å². The van der Waals surface area contributed by atoms with Gasteiger partial charge in [-0.1, -0.05) is 11.4 Å². The van der Waals surface area contributed by atoms with Crippen LogP contribution in [0.1, 0.15) is 26.2 Å². The van der Waals surface area contributed by atoms with Crippen LogP contribution < -0.4 is 5.32 Å². The third kappa shape index (κ3) is 2.51. The summed E-state index contributed by atoms with van der Waals surface area (Å²) in [7, 11) is 0. The second-order valence-electron chi connectivity index (χ2n) is 3.50. The molecule has 0 saturated carbocycles. The van der Waals surface area contributed by atoms with Gasteiger partial charge in [-0.2, -0.15) is 0 Å². The van der Waals surface area contributed by atoms with Gasteiger partial charge in [0.25, 0.3) is 5.91 Å². The SMILES string of the molecule is CCC1CCC(C(=O)Nc2cnns2)O1. The number of carbonyl (C=O) groups is 1. The van der Waals surface area contributed by atoms with Gasteiger partial charge in [0.2, 0.25) is 0 Å². The molecule has 2 atom stereocenters. The molecule has 6 heteroatoms. The van der Waals surface area contributed by atoms with Crippen LogP contribution in [0.2, 0.25) is 0 Å². The number of ether oxygens (including phenoxy) is 1. The molecular weight excluding hydrogens is 214 g/mol. The zero-order valence-electron chi connectivity index (χ0n) is 8.47. The molecule has 2 unspecified atom stereocenters. The smallest absolute Gasteiger partial charge is 0.254 e. The lowest BCUT2D eigenvalue weighted by molar-refractivity contribution is -0.126. The standard InChI is InChI=1S/C9H13N3O2S/c1-2-6-3-4-7(14-6)9(13)11-8-5-10-12-15-8/h5-7H,2-4H2,1H3,(H,11,13). The maximum Gasteiger partial charge on any atom is 0.254 e. The van der Waals surface area contributed by atoms with Crippen molar-refractivity contribution < 1.29 is 9.53 Å². The van der Waals surface area contributed by atoms with E-state index in [1.165, 1.54) is 17.7 Å². The first-order chi connectivity index (χ1) is 7.29. The minimum atomic E-state index is -0.308. The van der Waals surface area contributed by atoms with Crippen molar-refractivity contribution in [1.29, 1.82) is 0 Å². The number of rotatable bonds is 3. The second kappa shape index (κ2) is 4.67. The molecule has 0 aliphatic carbocycles. The summed E-state index contributed by atoms with van der Waals surface area (Å²) in [4.78, 5) is 11.7. The molecule has 0 spiro atoms. The average molecular weight is 227 g/mol. The Morgan fingerprint density at radius 1 is 1.73 bits per heavy atom. The lowest BCUT2D eigenvalue weighted by atomic mass is 10.1. The fourth-order valence-corrected chi connectivity index (χ4v) is 2.05. The molecule has 2 heterocycles. The van der Waals surface area contributed by atoms with Gasteiger partial charge >= 0.3 is 0 Å². The Morgan fingerprint density at radius 3 is 3.20 bits per heavy atom. The Hall–Kier alpha value is -1.01. The monoisotopic (exact) mass is 227 g/mol. The van der Waals surface area contributed by atoms with Gasteiger partial charge < -0.3 is 10.1 Å². The molecule has 1 aromatic heterocycles. The highest BCUT2D eigenvalue weighted by molar-refractivity contribution is 7.10. The van der Waals surface area contributed by atoms with E-state index >= 15 is 0 Å². The quantitative estimate of drug-likeness (QED) is 0.848. The van der Waals surface area contributed by atoms with Gasteiger partial charge in [0.15, 0.2) is 0 Å². The number of anilines is 1. The van der Waals surface area contributed by atoms with Crippen LogP contribution >= 0.6 is 11.5 Å². The van der Waals surface area contributed by atoms with Crippen molar-refractivity contribution in [3.8, 4) is 0 Å². The van der Waals surface area contributed by atoms with E-state index in [1.54, 1.807) is 0 Å². The van der Waals surface area contributed by atoms with Crippen molar-refractivity contribution in [2.75, 3.05) is 5.32 Å². The van der Waals surface area contributed by atoms with Crippen LogP contribution in [0.4, 0.5) is 5.00 Å². The Balaban J connectivity index is 1.87. The number of aromatic nitrogens is 2. The third-order valence-corrected chi connectivity index (χ3v) is 3.04. The summed E-state index contributed by atoms with van der Waals surface area (Å²) in [5.74, 6) is -0.0861. The minimum Gasteiger partial charge on any atom is -0.365 e. The van der Waals surface area contributed by atoms with Crippen molar-refractivity contribution >= 4 is 22.4 Å². The average Bonchev–Trinajstić information content (AvgIpc) is 2.86. The van der Waals surface area contributed by atoms with E-state index in [0.29, 0.717) is 5.00 Å². The molecule has 1 fully saturated rings. The van der Waals surface area contributed by atoms with Gasteiger partial charge in [0.1, 0.15) is 11.1 Å². The zero-order valence-corrected chi connectivity index (χ0v) is 9.29. The number of hydrogen-bond donors (Lipinski definition) is 1. The van der Waals surface area contributed by atoms with Crippen molar-refractivity contribution in [2.24, 2.45) is 0 Å². The van der Waals surface area contributed by atoms with Gasteiger partial charge in [-0.3, -0.25) is 4.79 Å². The van der Waals surface area contributed by atoms with Crippen LogP contribution in [0.3, 0.4) is 0 Å². The molecule has 1 saturated heterocycles. The van der Waals surface area contributed by atoms with Crippen LogP contribution in [-0.4, -0.2) is 27.7 Å². The highest BCUT2D eigenvalue weighted by Crippen LogP contribution is 2.23. The molecule has 2 rings (SSSR count). The fraction of sp³-hybridized carbons (Fsp3) is 0.667. The van der Waals surface area contributed by atoms with Gasteiger partial charge in [-0.05, 0) is 19.3 Å². The maximum absolute atomic E-state index is 11.7. The summed E-state index contributed by atoms with van der Waals surface area (Å²) in [6.07, 6.45) is 4.20. The summed E-state index contributed by atoms with van der Waals surface area (Å²) in [5, 5.41) is 7.05. The van der Waals surface area contributed by atoms with Crippen molar-refractivity contribution in [2.45, 2.75) is 38.4 Å². The Kier molecular flexibility index (Phi) is 3.27. The summed E-state index contributed by atoms with van der Waals surface area (Å²) in [6.45, 7) is 2.07. The molecule has 0 radical (unpaired) electrons. The summed E-state index contributed by atoms with van der Waals surface area (Å²) in [5.41, 5.74) is 0. The molecule has 0 aromatic carbocycles. The van der Waals surface area contributed by atoms with E-state index in [1.807, 2.05) is 0 Å². The molecule has 5 nitrogen and oxygen atoms in total. The van der Waals surface area contributed by atoms with Gasteiger partial charge in [0.05, 0.1) is 12.3 Å². The second-order valence-corrected chi connectivity index (χ2v) is 4.29. The fourth-order valence-electron chi connectivity index (χ4n) is 1.62. The third-order valence-electron chi connectivity index (χ3n) is 2.46. The first-order valence-corrected chi connectivity index (χ1v) is 5.80. The predicted octanol–water partition coefficient (Wildman–Crippen LogP) is 1.43. The highest BCUT2D eigenvalue weighted by atomic mass is 32.1. The van der Waals surface area contributed by atoms with Crippen LogP contribution in [0.5, 0.6) is 0 Å². The lowest BCUT2D eigenvalue weighted by Gasteiger charge is -2.11. The molecule has 1 aliphatic heterocycles. The minimum absolute atomic E-state index is 0.0861. The Labute approximate surface area is 92.0 Å². The van der Waals surface area contributed by atoms with Crippen LogP contribution in [0, 0.1) is 0 Å². The summed E-state index contributed by atoms with van der Waals surface area (Å²) < 4.78 is 9.24. The zero-order chi connectivity index (χ0) is 10.7. The molecule has 1 N–H and O–H groups in total. The Bertz CT molecular complexity index is 328. The van der Waals surface area contributed by atoms with Crippen molar-refractivity contribution in [3.63, 3.8) is 0 Å². The number of hydrogen-bond acceptors (Lipinski definition) is 5. The summed E-state index contributed by atoms with van der Waals surface area (Å²) >= 11 is 1.17. The molecule has 1 aliphatic rings. The molecule has 1 aromatic rings. The van der Waals surface area contributed by atoms with E-state index in [4.69, 9.17) is 4.74 Å². The Morgan fingerprint density at radius 2 is 2.60 bits per heavy atom. The normalized spacial score (nSPS) is 25.4. The predicted molar refractivity (Wildman–Crippen MR) is 56.7 cm³/mol. The van der Waals surface area contributed by atoms with Crippen LogP contribution in [0.15, 0.2) is 6.20 Å².